The van der Waals surface area contributed by atoms with Crippen LogP contribution in [0, 0.1) is 0 Å². The summed E-state index contributed by atoms with van der Waals surface area (Å²) in [5.41, 5.74) is 2.87. The Bertz CT molecular complexity index is 867. The number of amides is 1. The molecule has 1 unspecified atom stereocenters. The van der Waals surface area contributed by atoms with E-state index < -0.39 is 0 Å². The van der Waals surface area contributed by atoms with Gasteiger partial charge in [-0.1, -0.05) is 18.2 Å². The van der Waals surface area contributed by atoms with Crippen LogP contribution in [0.3, 0.4) is 0 Å². The summed E-state index contributed by atoms with van der Waals surface area (Å²) in [5, 5.41) is 0. The Balaban J connectivity index is 1.30. The fourth-order valence-corrected chi connectivity index (χ4v) is 4.58. The Kier molecular flexibility index (Phi) is 4.33. The normalized spacial score (nSPS) is 23.2. The van der Waals surface area contributed by atoms with Crippen molar-refractivity contribution in [2.75, 3.05) is 36.1 Å². The summed E-state index contributed by atoms with van der Waals surface area (Å²) >= 11 is 0. The Morgan fingerprint density at radius 2 is 1.86 bits per heavy atom. The van der Waals surface area contributed by atoms with Gasteiger partial charge in [-0.05, 0) is 37.1 Å². The summed E-state index contributed by atoms with van der Waals surface area (Å²) in [6.07, 6.45) is 4.29. The van der Waals surface area contributed by atoms with Crippen LogP contribution in [-0.4, -0.2) is 49.0 Å². The van der Waals surface area contributed by atoms with Crippen LogP contribution in [-0.2, 0) is 15.9 Å². The second kappa shape index (κ2) is 6.87. The van der Waals surface area contributed by atoms with Gasteiger partial charge in [0.2, 0.25) is 0 Å². The van der Waals surface area contributed by atoms with Crippen molar-refractivity contribution in [3.63, 3.8) is 0 Å². The molecule has 1 amide bonds. The molecule has 6 nitrogen and oxygen atoms in total. The molecule has 5 rings (SSSR count). The van der Waals surface area contributed by atoms with Gasteiger partial charge < -0.3 is 19.3 Å². The number of pyridine rings is 1. The molecule has 0 aliphatic carbocycles. The van der Waals surface area contributed by atoms with Crippen molar-refractivity contribution >= 4 is 17.4 Å². The van der Waals surface area contributed by atoms with Crippen LogP contribution < -0.4 is 9.80 Å². The number of piperidine rings is 1. The first-order valence-electron chi connectivity index (χ1n) is 10.1. The first kappa shape index (κ1) is 17.6. The Morgan fingerprint density at radius 1 is 1.11 bits per heavy atom. The highest BCUT2D eigenvalue weighted by molar-refractivity contribution is 6.07. The number of hydrogen-bond donors (Lipinski definition) is 0. The van der Waals surface area contributed by atoms with Crippen LogP contribution in [0.2, 0.25) is 0 Å². The minimum atomic E-state index is -0.383. The van der Waals surface area contributed by atoms with Gasteiger partial charge in [0.15, 0.2) is 5.79 Å². The molecule has 1 aromatic heterocycles. The van der Waals surface area contributed by atoms with Gasteiger partial charge in [-0.15, -0.1) is 0 Å². The van der Waals surface area contributed by atoms with Gasteiger partial charge in [-0.25, -0.2) is 4.98 Å². The zero-order valence-corrected chi connectivity index (χ0v) is 16.1. The molecule has 28 heavy (non-hydrogen) atoms. The number of carbonyl (C=O) groups excluding carboxylic acids is 1. The van der Waals surface area contributed by atoms with Gasteiger partial charge in [0.25, 0.3) is 5.91 Å². The Morgan fingerprint density at radius 3 is 2.57 bits per heavy atom. The summed E-state index contributed by atoms with van der Waals surface area (Å²) < 4.78 is 11.6. The molecule has 3 aliphatic rings. The van der Waals surface area contributed by atoms with E-state index in [4.69, 9.17) is 9.47 Å². The molecule has 2 saturated heterocycles. The van der Waals surface area contributed by atoms with Gasteiger partial charge in [0, 0.05) is 43.9 Å². The van der Waals surface area contributed by atoms with Crippen LogP contribution in [0.4, 0.5) is 11.5 Å². The number of para-hydroxylation sites is 1. The van der Waals surface area contributed by atoms with Crippen molar-refractivity contribution in [2.45, 2.75) is 38.0 Å². The summed E-state index contributed by atoms with van der Waals surface area (Å²) in [6.45, 7) is 5.16. The highest BCUT2D eigenvalue weighted by atomic mass is 16.7. The largest absolute Gasteiger partial charge is 0.356 e. The van der Waals surface area contributed by atoms with E-state index in [1.807, 2.05) is 35.2 Å². The van der Waals surface area contributed by atoms with E-state index in [1.54, 1.807) is 6.20 Å². The fraction of sp³-hybridized carbons (Fsp3) is 0.455. The predicted molar refractivity (Wildman–Crippen MR) is 107 cm³/mol. The molecular formula is C22H25N3O3. The molecular weight excluding hydrogens is 354 g/mol. The van der Waals surface area contributed by atoms with Crippen molar-refractivity contribution in [3.05, 3.63) is 53.7 Å². The molecule has 6 heteroatoms. The third kappa shape index (κ3) is 2.97. The molecule has 2 aromatic rings. The van der Waals surface area contributed by atoms with Crippen LogP contribution in [0.5, 0.6) is 0 Å². The number of nitrogens with zero attached hydrogens (tertiary/aromatic N) is 3. The highest BCUT2D eigenvalue weighted by Gasteiger charge is 2.40. The van der Waals surface area contributed by atoms with Crippen molar-refractivity contribution < 1.29 is 14.3 Å². The summed E-state index contributed by atoms with van der Waals surface area (Å²) in [7, 11) is 0. The van der Waals surface area contributed by atoms with Crippen molar-refractivity contribution in [1.29, 1.82) is 0 Å². The van der Waals surface area contributed by atoms with E-state index in [-0.39, 0.29) is 17.7 Å². The number of anilines is 2. The molecule has 4 heterocycles. The molecule has 3 aliphatic heterocycles. The maximum atomic E-state index is 13.1. The molecule has 146 valence electrons. The molecule has 1 atom stereocenters. The van der Waals surface area contributed by atoms with Gasteiger partial charge in [-0.3, -0.25) is 4.79 Å². The first-order chi connectivity index (χ1) is 13.7. The average molecular weight is 379 g/mol. The zero-order valence-electron chi connectivity index (χ0n) is 16.1. The zero-order chi connectivity index (χ0) is 19.1. The molecule has 0 saturated carbocycles. The molecule has 0 bridgehead atoms. The molecule has 2 fully saturated rings. The van der Waals surface area contributed by atoms with E-state index in [9.17, 15) is 4.79 Å². The second-order valence-corrected chi connectivity index (χ2v) is 7.86. The van der Waals surface area contributed by atoms with Gasteiger partial charge in [-0.2, -0.15) is 0 Å². The predicted octanol–water partition coefficient (Wildman–Crippen LogP) is 3.02. The maximum absolute atomic E-state index is 13.1. The highest BCUT2D eigenvalue weighted by Crippen LogP contribution is 2.34. The monoisotopic (exact) mass is 379 g/mol. The van der Waals surface area contributed by atoms with Gasteiger partial charge >= 0.3 is 0 Å². The smallest absolute Gasteiger partial charge is 0.260 e. The number of aromatic nitrogens is 1. The lowest BCUT2D eigenvalue weighted by molar-refractivity contribution is -0.169. The lowest BCUT2D eigenvalue weighted by Gasteiger charge is -2.38. The molecule has 0 N–H and O–H groups in total. The number of carbonyl (C=O) groups is 1. The topological polar surface area (TPSA) is 54.9 Å². The first-order valence-corrected chi connectivity index (χ1v) is 10.1. The number of benzene rings is 1. The Labute approximate surface area is 165 Å². The van der Waals surface area contributed by atoms with Crippen LogP contribution in [0.25, 0.3) is 0 Å². The van der Waals surface area contributed by atoms with Crippen LogP contribution in [0.1, 0.15) is 35.7 Å². The summed E-state index contributed by atoms with van der Waals surface area (Å²) in [5.74, 6) is 0.534. The second-order valence-electron chi connectivity index (χ2n) is 7.86. The third-order valence-electron chi connectivity index (χ3n) is 6.08. The van der Waals surface area contributed by atoms with E-state index in [2.05, 4.69) is 22.9 Å². The van der Waals surface area contributed by atoms with Gasteiger partial charge in [0.05, 0.1) is 18.8 Å². The maximum Gasteiger partial charge on any atom is 0.260 e. The van der Waals surface area contributed by atoms with Crippen LogP contribution in [0.15, 0.2) is 42.6 Å². The number of fused-ring (bicyclic) bond motifs is 1. The van der Waals surface area contributed by atoms with Crippen molar-refractivity contribution in [1.82, 2.24) is 4.98 Å². The molecule has 1 spiro atoms. The molecule has 0 radical (unpaired) electrons. The van der Waals surface area contributed by atoms with Crippen molar-refractivity contribution in [3.8, 4) is 0 Å². The van der Waals surface area contributed by atoms with E-state index in [0.717, 1.165) is 43.9 Å². The third-order valence-corrected chi connectivity index (χ3v) is 6.08. The molecule has 1 aromatic carbocycles. The lowest BCUT2D eigenvalue weighted by atomic mass is 10.0. The number of hydrogen-bond acceptors (Lipinski definition) is 5. The average Bonchev–Trinajstić information content (AvgIpc) is 3.32. The van der Waals surface area contributed by atoms with Crippen LogP contribution >= 0.6 is 0 Å². The quantitative estimate of drug-likeness (QED) is 0.803. The van der Waals surface area contributed by atoms with E-state index in [0.29, 0.717) is 18.8 Å². The van der Waals surface area contributed by atoms with E-state index in [1.165, 1.54) is 5.56 Å². The minimum absolute atomic E-state index is 0.0156. The SMILES string of the molecule is CC1Cc2ccccc2N1C(=O)c1ccc(N2CCC3(CC2)OCCO3)nc1. The number of ether oxygens (including phenoxy) is 2. The van der Waals surface area contributed by atoms with Crippen molar-refractivity contribution in [2.24, 2.45) is 0 Å². The fourth-order valence-electron chi connectivity index (χ4n) is 4.58. The standard InChI is InChI=1S/C22H25N3O3/c1-16-14-17-4-2-3-5-19(17)25(16)21(26)18-6-7-20(23-15-18)24-10-8-22(9-11-24)27-12-13-28-22/h2-7,15-16H,8-14H2,1H3. The Hall–Kier alpha value is -2.44. The lowest BCUT2D eigenvalue weighted by Crippen LogP contribution is -2.45. The van der Waals surface area contributed by atoms with E-state index >= 15 is 0 Å². The summed E-state index contributed by atoms with van der Waals surface area (Å²) in [4.78, 5) is 21.8. The van der Waals surface area contributed by atoms with Gasteiger partial charge in [0.1, 0.15) is 5.82 Å². The minimum Gasteiger partial charge on any atom is -0.356 e. The summed E-state index contributed by atoms with van der Waals surface area (Å²) in [6, 6.07) is 12.1. The number of rotatable bonds is 2.